The van der Waals surface area contributed by atoms with Crippen LogP contribution in [0.5, 0.6) is 11.5 Å². The van der Waals surface area contributed by atoms with Crippen LogP contribution in [0, 0.1) is 33.5 Å². The van der Waals surface area contributed by atoms with Crippen LogP contribution in [-0.4, -0.2) is 63.7 Å². The maximum absolute atomic E-state index is 14.5. The molecule has 0 atom stereocenters. The zero-order valence-corrected chi connectivity index (χ0v) is 34.4. The van der Waals surface area contributed by atoms with E-state index in [1.807, 2.05) is 0 Å². The number of pyridine rings is 2. The van der Waals surface area contributed by atoms with Crippen LogP contribution < -0.4 is 20.1 Å². The minimum Gasteiger partial charge on any atom is -0.405 e. The molecule has 0 aliphatic rings. The second-order valence-electron chi connectivity index (χ2n) is 14.7. The van der Waals surface area contributed by atoms with Gasteiger partial charge in [-0.2, -0.15) is 10.2 Å². The molecule has 6 aromatic heterocycles. The molecular formula is C44H33F7N10O4. The third kappa shape index (κ3) is 9.38. The third-order valence-corrected chi connectivity index (χ3v) is 9.94. The number of aryl methyl sites for hydroxylation is 6. The van der Waals surface area contributed by atoms with E-state index < -0.39 is 41.9 Å². The highest BCUT2D eigenvalue weighted by atomic mass is 19.4. The van der Waals surface area contributed by atoms with E-state index in [-0.39, 0.29) is 75.3 Å². The summed E-state index contributed by atoms with van der Waals surface area (Å²) in [5.41, 5.74) is 2.85. The Hall–Kier alpha value is -7.97. The van der Waals surface area contributed by atoms with Crippen LogP contribution in [0.25, 0.3) is 33.8 Å². The summed E-state index contributed by atoms with van der Waals surface area (Å²) in [5, 5.41) is 14.3. The van der Waals surface area contributed by atoms with Crippen LogP contribution in [0.1, 0.15) is 54.7 Å². The first-order valence-corrected chi connectivity index (χ1v) is 19.5. The highest BCUT2D eigenvalue weighted by Crippen LogP contribution is 2.36. The Kier molecular flexibility index (Phi) is 11.4. The molecule has 0 unspecified atom stereocenters. The number of nitrogens with zero attached hydrogens (tertiary/aromatic N) is 8. The lowest BCUT2D eigenvalue weighted by Crippen LogP contribution is -2.19. The predicted molar refractivity (Wildman–Crippen MR) is 221 cm³/mol. The van der Waals surface area contributed by atoms with Crippen LogP contribution in [0.4, 0.5) is 42.2 Å². The number of nitrogens with one attached hydrogen (secondary N) is 2. The number of anilines is 2. The van der Waals surface area contributed by atoms with E-state index >= 15 is 0 Å². The number of alkyl halides is 6. The van der Waals surface area contributed by atoms with E-state index in [4.69, 9.17) is 0 Å². The molecule has 8 rings (SSSR count). The van der Waals surface area contributed by atoms with Gasteiger partial charge in [-0.3, -0.25) is 14.6 Å². The number of rotatable bonds is 11. The Labute approximate surface area is 363 Å². The molecule has 21 heteroatoms. The first kappa shape index (κ1) is 43.7. The van der Waals surface area contributed by atoms with Crippen molar-refractivity contribution in [1.82, 2.24) is 39.2 Å². The lowest BCUT2D eigenvalue weighted by atomic mass is 10.0. The molecule has 14 nitrogen and oxygen atoms in total. The fraction of sp³-hybridized carbons (Fsp3) is 0.182. The summed E-state index contributed by atoms with van der Waals surface area (Å²) in [4.78, 5) is 45.0. The van der Waals surface area contributed by atoms with Crippen LogP contribution in [-0.2, 0) is 12.8 Å². The molecule has 0 aliphatic carbocycles. The molecule has 2 aromatic carbocycles. The van der Waals surface area contributed by atoms with Gasteiger partial charge < -0.3 is 20.1 Å². The first-order valence-electron chi connectivity index (χ1n) is 19.5. The zero-order valence-electron chi connectivity index (χ0n) is 34.4. The summed E-state index contributed by atoms with van der Waals surface area (Å²) in [7, 11) is 0. The molecule has 2 N–H and O–H groups in total. The lowest BCUT2D eigenvalue weighted by molar-refractivity contribution is -0.275. The van der Waals surface area contributed by atoms with Crippen LogP contribution in [0.15, 0.2) is 91.3 Å². The molecule has 0 saturated carbocycles. The first-order chi connectivity index (χ1) is 30.8. The highest BCUT2D eigenvalue weighted by molar-refractivity contribution is 6.05. The molecule has 0 fully saturated rings. The van der Waals surface area contributed by atoms with Crippen LogP contribution >= 0.6 is 0 Å². The minimum absolute atomic E-state index is 0.000439. The SMILES string of the molecule is Cc1cc(CCc2cc(-c3ccccc3OC(F)(F)F)nn3c(C(=O)Nc4ccncc4F)c(C)nc23)cc(NC(=O)c2c(C)nc3c(C)cc(-c4ccccc4OC(F)(F)F)nn23)n1. The van der Waals surface area contributed by atoms with Gasteiger partial charge >= 0.3 is 12.7 Å². The number of hydrogen-bond donors (Lipinski definition) is 2. The number of para-hydroxylation sites is 2. The van der Waals surface area contributed by atoms with Crippen LogP contribution in [0.3, 0.4) is 0 Å². The number of amides is 2. The van der Waals surface area contributed by atoms with E-state index in [9.17, 15) is 40.3 Å². The lowest BCUT2D eigenvalue weighted by Gasteiger charge is -2.15. The van der Waals surface area contributed by atoms with Gasteiger partial charge in [-0.15, -0.1) is 26.3 Å². The number of fused-ring (bicyclic) bond motifs is 2. The van der Waals surface area contributed by atoms with Gasteiger partial charge in [0.05, 0.1) is 34.7 Å². The van der Waals surface area contributed by atoms with Crippen molar-refractivity contribution >= 4 is 34.6 Å². The van der Waals surface area contributed by atoms with E-state index in [0.717, 1.165) is 18.3 Å². The van der Waals surface area contributed by atoms with Crippen molar-refractivity contribution in [3.8, 4) is 34.0 Å². The minimum atomic E-state index is -5.04. The van der Waals surface area contributed by atoms with Gasteiger partial charge in [-0.1, -0.05) is 24.3 Å². The molecule has 2 amide bonds. The smallest absolute Gasteiger partial charge is 0.405 e. The summed E-state index contributed by atoms with van der Waals surface area (Å²) in [6.07, 6.45) is -7.39. The van der Waals surface area contributed by atoms with Crippen molar-refractivity contribution in [1.29, 1.82) is 0 Å². The molecule has 332 valence electrons. The van der Waals surface area contributed by atoms with Crippen molar-refractivity contribution in [3.05, 3.63) is 142 Å². The largest absolute Gasteiger partial charge is 0.573 e. The van der Waals surface area contributed by atoms with Crippen molar-refractivity contribution in [3.63, 3.8) is 0 Å². The maximum Gasteiger partial charge on any atom is 0.573 e. The molecule has 0 aliphatic heterocycles. The number of imidazole rings is 2. The molecule has 6 heterocycles. The van der Waals surface area contributed by atoms with Crippen LogP contribution in [0.2, 0.25) is 0 Å². The number of aromatic nitrogens is 8. The zero-order chi connectivity index (χ0) is 46.4. The molecule has 0 spiro atoms. The quantitative estimate of drug-likeness (QED) is 0.120. The van der Waals surface area contributed by atoms with E-state index in [1.54, 1.807) is 32.9 Å². The molecule has 65 heavy (non-hydrogen) atoms. The van der Waals surface area contributed by atoms with E-state index in [2.05, 4.69) is 50.2 Å². The van der Waals surface area contributed by atoms with Crippen molar-refractivity contribution in [2.45, 2.75) is 53.3 Å². The molecule has 0 radical (unpaired) electrons. The summed E-state index contributed by atoms with van der Waals surface area (Å²) in [6, 6.07) is 18.5. The Bertz CT molecular complexity index is 3170. The van der Waals surface area contributed by atoms with Gasteiger partial charge in [-0.25, -0.2) is 28.4 Å². The monoisotopic (exact) mass is 898 g/mol. The van der Waals surface area contributed by atoms with Crippen molar-refractivity contribution in [2.75, 3.05) is 10.6 Å². The average Bonchev–Trinajstić information content (AvgIpc) is 3.75. The number of carbonyl (C=O) groups excluding carboxylic acids is 2. The van der Waals surface area contributed by atoms with Gasteiger partial charge in [0, 0.05) is 23.0 Å². The van der Waals surface area contributed by atoms with E-state index in [1.165, 1.54) is 76.7 Å². The van der Waals surface area contributed by atoms with Gasteiger partial charge in [-0.05, 0) is 112 Å². The summed E-state index contributed by atoms with van der Waals surface area (Å²) < 4.78 is 106. The number of carbonyl (C=O) groups is 2. The molecule has 0 bridgehead atoms. The number of hydrogen-bond acceptors (Lipinski definition) is 10. The van der Waals surface area contributed by atoms with Gasteiger partial charge in [0.25, 0.3) is 11.8 Å². The van der Waals surface area contributed by atoms with Gasteiger partial charge in [0.2, 0.25) is 0 Å². The number of benzene rings is 2. The Morgan fingerprint density at radius 3 is 1.82 bits per heavy atom. The number of halogens is 7. The molecule has 8 aromatic rings. The van der Waals surface area contributed by atoms with Gasteiger partial charge in [0.15, 0.2) is 28.5 Å². The fourth-order valence-electron chi connectivity index (χ4n) is 7.28. The van der Waals surface area contributed by atoms with E-state index in [0.29, 0.717) is 28.0 Å². The topological polar surface area (TPSA) is 163 Å². The maximum atomic E-state index is 14.5. The van der Waals surface area contributed by atoms with Crippen molar-refractivity contribution in [2.24, 2.45) is 0 Å². The second-order valence-corrected chi connectivity index (χ2v) is 14.7. The summed E-state index contributed by atoms with van der Waals surface area (Å²) in [5.74, 6) is -3.18. The van der Waals surface area contributed by atoms with Crippen molar-refractivity contribution < 1.29 is 49.8 Å². The average molecular weight is 899 g/mol. The molecule has 0 saturated heterocycles. The molecular weight excluding hydrogens is 866 g/mol. The Morgan fingerprint density at radius 1 is 0.662 bits per heavy atom. The fourth-order valence-corrected chi connectivity index (χ4v) is 7.28. The van der Waals surface area contributed by atoms with Gasteiger partial charge in [0.1, 0.15) is 17.3 Å². The normalized spacial score (nSPS) is 11.9. The number of ether oxygens (including phenoxy) is 2. The highest BCUT2D eigenvalue weighted by Gasteiger charge is 2.34. The summed E-state index contributed by atoms with van der Waals surface area (Å²) in [6.45, 7) is 6.49. The Morgan fingerprint density at radius 2 is 1.22 bits per heavy atom. The summed E-state index contributed by atoms with van der Waals surface area (Å²) >= 11 is 0. The Balaban J connectivity index is 1.12. The third-order valence-electron chi connectivity index (χ3n) is 9.94. The standard InChI is InChI=1S/C44H33F7N10O4/c1-22-17-32(28-9-5-7-11-34(28)64-43(46,47)48)58-60-38(24(3)54-39(22)60)42(63)57-36-19-26(18-23(2)53-36)13-14-27-20-33(29-10-6-8-12-35(29)65-44(49,50)51)59-61-37(25(4)55-40(27)61)41(62)56-31-15-16-52-21-30(31)45/h5-12,15-21H,13-14H2,1-4H3,(H,52,56,62)(H,53,57,63). The second kappa shape index (κ2) is 17.0. The predicted octanol–water partition coefficient (Wildman–Crippen LogP) is 9.36.